The van der Waals surface area contributed by atoms with Gasteiger partial charge in [-0.15, -0.1) is 0 Å². The van der Waals surface area contributed by atoms with Gasteiger partial charge in [-0.05, 0) is 112 Å². The highest BCUT2D eigenvalue weighted by Crippen LogP contribution is 2.39. The van der Waals surface area contributed by atoms with Gasteiger partial charge >= 0.3 is 8.56 Å². The summed E-state index contributed by atoms with van der Waals surface area (Å²) in [5.41, 5.74) is 9.10. The smallest absolute Gasteiger partial charge is 0.369 e. The van der Waals surface area contributed by atoms with Gasteiger partial charge in [-0.3, -0.25) is 0 Å². The summed E-state index contributed by atoms with van der Waals surface area (Å²) < 4.78 is 12.3. The highest BCUT2D eigenvalue weighted by molar-refractivity contribution is 6.80. The Morgan fingerprint density at radius 2 is 0.762 bits per heavy atom. The van der Waals surface area contributed by atoms with Crippen LogP contribution in [0.15, 0.2) is 127 Å². The fraction of sp³-hybridized carbons (Fsp3) is 0.189. The van der Waals surface area contributed by atoms with Gasteiger partial charge in [-0.25, -0.2) is 0 Å². The van der Waals surface area contributed by atoms with E-state index in [0.717, 1.165) is 39.3 Å². The summed E-state index contributed by atoms with van der Waals surface area (Å²) in [6.07, 6.45) is 0. The van der Waals surface area contributed by atoms with E-state index in [1.165, 1.54) is 11.1 Å². The lowest BCUT2D eigenvalue weighted by molar-refractivity contribution is 0.202. The topological polar surface area (TPSA) is 24.9 Å². The van der Waals surface area contributed by atoms with E-state index in [0.29, 0.717) is 13.2 Å². The van der Waals surface area contributed by atoms with E-state index in [9.17, 15) is 0 Å². The minimum Gasteiger partial charge on any atom is -0.391 e. The first-order valence-electron chi connectivity index (χ1n) is 14.7. The Morgan fingerprint density at radius 3 is 1.12 bits per heavy atom. The second-order valence-corrected chi connectivity index (χ2v) is 13.6. The molecule has 0 spiro atoms. The summed E-state index contributed by atoms with van der Waals surface area (Å²) in [5.74, 6) is 0. The highest BCUT2D eigenvalue weighted by atomic mass is 28.4. The maximum atomic E-state index is 6.15. The summed E-state index contributed by atoms with van der Waals surface area (Å²) in [6.45, 7) is 11.7. The number of hydrogen-bond acceptors (Lipinski definition) is 4. The lowest BCUT2D eigenvalue weighted by atomic mass is 10.1. The van der Waals surface area contributed by atoms with Gasteiger partial charge in [0, 0.05) is 47.3 Å². The van der Waals surface area contributed by atoms with E-state index in [-0.39, 0.29) is 0 Å². The first-order chi connectivity index (χ1) is 20.4. The lowest BCUT2D eigenvalue weighted by Crippen LogP contribution is -2.51. The molecule has 0 unspecified atom stereocenters. The van der Waals surface area contributed by atoms with Gasteiger partial charge in [-0.2, -0.15) is 0 Å². The molecule has 0 bridgehead atoms. The molecular weight excluding hydrogens is 533 g/mol. The fourth-order valence-electron chi connectivity index (χ4n) is 5.28. The molecule has 5 aromatic carbocycles. The third-order valence-electron chi connectivity index (χ3n) is 7.45. The van der Waals surface area contributed by atoms with Crippen molar-refractivity contribution in [3.8, 4) is 0 Å². The molecule has 0 N–H and O–H groups in total. The maximum absolute atomic E-state index is 6.15. The van der Waals surface area contributed by atoms with E-state index in [1.54, 1.807) is 0 Å². The van der Waals surface area contributed by atoms with Crippen LogP contribution in [0.25, 0.3) is 0 Å². The third kappa shape index (κ3) is 6.49. The number of aryl methyl sites for hydroxylation is 2. The third-order valence-corrected chi connectivity index (χ3v) is 10.5. The van der Waals surface area contributed by atoms with Gasteiger partial charge in [0.15, 0.2) is 0 Å². The fourth-order valence-corrected chi connectivity index (χ4v) is 7.57. The van der Waals surface area contributed by atoms with Crippen LogP contribution in [-0.4, -0.2) is 21.8 Å². The monoisotopic (exact) mass is 572 g/mol. The minimum atomic E-state index is -2.46. The first-order valence-corrected chi connectivity index (χ1v) is 17.0. The second kappa shape index (κ2) is 13.2. The molecule has 5 aromatic rings. The molecule has 0 aromatic heterocycles. The van der Waals surface area contributed by atoms with Gasteiger partial charge in [0.2, 0.25) is 0 Å². The van der Waals surface area contributed by atoms with Crippen LogP contribution in [-0.2, 0) is 8.85 Å². The second-order valence-electron chi connectivity index (χ2n) is 10.6. The molecule has 0 aliphatic carbocycles. The van der Waals surface area contributed by atoms with E-state index in [2.05, 4.69) is 158 Å². The number of anilines is 6. The van der Waals surface area contributed by atoms with Crippen LogP contribution in [0.5, 0.6) is 0 Å². The molecule has 0 fully saturated rings. The number of rotatable bonds is 11. The molecule has 0 saturated carbocycles. The SMILES string of the molecule is CCO[Si](C)(OCC)c1ccc(N(c2ccc(C)cc2)c2ccc(N(c3ccccc3)c3ccc(C)cc3)cc2)cc1. The lowest BCUT2D eigenvalue weighted by Gasteiger charge is -2.29. The molecule has 0 atom stereocenters. The Labute approximate surface area is 252 Å². The van der Waals surface area contributed by atoms with Crippen molar-refractivity contribution in [2.45, 2.75) is 34.2 Å². The van der Waals surface area contributed by atoms with Crippen LogP contribution in [0.4, 0.5) is 34.1 Å². The Bertz CT molecular complexity index is 1550. The molecular formula is C37H40N2O2Si. The number of benzene rings is 5. The van der Waals surface area contributed by atoms with Gasteiger partial charge in [0.05, 0.1) is 0 Å². The van der Waals surface area contributed by atoms with Crippen molar-refractivity contribution in [2.24, 2.45) is 0 Å². The zero-order chi connectivity index (χ0) is 29.5. The molecule has 0 saturated heterocycles. The van der Waals surface area contributed by atoms with Gasteiger partial charge in [0.1, 0.15) is 0 Å². The Kier molecular flexibility index (Phi) is 9.23. The largest absolute Gasteiger partial charge is 0.391 e. The summed E-state index contributed by atoms with van der Waals surface area (Å²) in [4.78, 5) is 4.59. The van der Waals surface area contributed by atoms with Gasteiger partial charge < -0.3 is 18.7 Å². The van der Waals surface area contributed by atoms with Crippen LogP contribution in [0.2, 0.25) is 6.55 Å². The zero-order valence-electron chi connectivity index (χ0n) is 25.2. The Balaban J connectivity index is 1.54. The summed E-state index contributed by atoms with van der Waals surface area (Å²) in [6, 6.07) is 45.4. The van der Waals surface area contributed by atoms with Crippen molar-refractivity contribution < 1.29 is 8.85 Å². The van der Waals surface area contributed by atoms with E-state index in [4.69, 9.17) is 8.85 Å². The predicted molar refractivity (Wildman–Crippen MR) is 180 cm³/mol. The standard InChI is InChI=1S/C37H40N2O2Si/c1-6-40-42(5,41-7-2)37-27-25-36(26-28-37)39(33-19-15-30(4)16-20-33)35-23-21-34(22-24-35)38(31-11-9-8-10-12-31)32-17-13-29(3)14-18-32/h8-28H,6-7H2,1-5H3. The van der Waals surface area contributed by atoms with Crippen molar-refractivity contribution in [3.63, 3.8) is 0 Å². The van der Waals surface area contributed by atoms with Crippen LogP contribution < -0.4 is 15.0 Å². The van der Waals surface area contributed by atoms with E-state index < -0.39 is 8.56 Å². The molecule has 0 aliphatic rings. The summed E-state index contributed by atoms with van der Waals surface area (Å²) >= 11 is 0. The highest BCUT2D eigenvalue weighted by Gasteiger charge is 2.33. The number of para-hydroxylation sites is 1. The molecule has 0 aliphatic heterocycles. The zero-order valence-corrected chi connectivity index (χ0v) is 26.2. The maximum Gasteiger partial charge on any atom is 0.369 e. The molecule has 4 nitrogen and oxygen atoms in total. The van der Waals surface area contributed by atoms with E-state index >= 15 is 0 Å². The van der Waals surface area contributed by atoms with Crippen molar-refractivity contribution in [2.75, 3.05) is 23.0 Å². The average molecular weight is 573 g/mol. The predicted octanol–water partition coefficient (Wildman–Crippen LogP) is 9.60. The quantitative estimate of drug-likeness (QED) is 0.147. The molecule has 0 heterocycles. The first kappa shape index (κ1) is 29.3. The van der Waals surface area contributed by atoms with Crippen molar-refractivity contribution in [1.82, 2.24) is 0 Å². The Morgan fingerprint density at radius 1 is 0.452 bits per heavy atom. The van der Waals surface area contributed by atoms with Crippen LogP contribution in [0, 0.1) is 13.8 Å². The van der Waals surface area contributed by atoms with E-state index in [1.807, 2.05) is 13.8 Å². The van der Waals surface area contributed by atoms with Gasteiger partial charge in [0.25, 0.3) is 0 Å². The summed E-state index contributed by atoms with van der Waals surface area (Å²) in [7, 11) is -2.46. The van der Waals surface area contributed by atoms with Crippen molar-refractivity contribution in [1.29, 1.82) is 0 Å². The van der Waals surface area contributed by atoms with Crippen molar-refractivity contribution in [3.05, 3.63) is 139 Å². The minimum absolute atomic E-state index is 0.634. The van der Waals surface area contributed by atoms with Crippen LogP contribution in [0.3, 0.4) is 0 Å². The van der Waals surface area contributed by atoms with Gasteiger partial charge in [-0.1, -0.05) is 65.7 Å². The molecule has 5 heteroatoms. The molecule has 0 radical (unpaired) electrons. The average Bonchev–Trinajstić information content (AvgIpc) is 3.01. The summed E-state index contributed by atoms with van der Waals surface area (Å²) in [5, 5.41) is 1.13. The molecule has 42 heavy (non-hydrogen) atoms. The van der Waals surface area contributed by atoms with Crippen LogP contribution >= 0.6 is 0 Å². The number of nitrogens with zero attached hydrogens (tertiary/aromatic N) is 2. The number of hydrogen-bond donors (Lipinski definition) is 0. The molecule has 214 valence electrons. The molecule has 5 rings (SSSR count). The molecule has 0 amide bonds. The van der Waals surface area contributed by atoms with Crippen molar-refractivity contribution >= 4 is 47.9 Å². The normalized spacial score (nSPS) is 11.4. The Hall–Kier alpha value is -4.16. The van der Waals surface area contributed by atoms with Crippen LogP contribution in [0.1, 0.15) is 25.0 Å².